The number of carbonyl (C=O) groups excluding carboxylic acids is 1. The number of aromatic nitrogens is 1. The Hall–Kier alpha value is -1.86. The number of halogens is 1. The summed E-state index contributed by atoms with van der Waals surface area (Å²) in [6.07, 6.45) is 1.50. The highest BCUT2D eigenvalue weighted by Gasteiger charge is 2.13. The molecule has 0 spiro atoms. The van der Waals surface area contributed by atoms with Gasteiger partial charge in [-0.1, -0.05) is 27.7 Å². The zero-order chi connectivity index (χ0) is 16.1. The van der Waals surface area contributed by atoms with Crippen LogP contribution in [-0.4, -0.2) is 27.7 Å². The van der Waals surface area contributed by atoms with Crippen molar-refractivity contribution in [3.63, 3.8) is 0 Å². The molecule has 2 aromatic rings. The zero-order valence-electron chi connectivity index (χ0n) is 11.7. The molecule has 0 aliphatic carbocycles. The largest absolute Gasteiger partial charge is 0.478 e. The number of amides is 1. The molecule has 1 amide bonds. The van der Waals surface area contributed by atoms with Crippen molar-refractivity contribution >= 4 is 45.3 Å². The van der Waals surface area contributed by atoms with E-state index in [0.29, 0.717) is 10.7 Å². The van der Waals surface area contributed by atoms with E-state index < -0.39 is 5.97 Å². The van der Waals surface area contributed by atoms with Gasteiger partial charge in [-0.3, -0.25) is 4.79 Å². The molecule has 0 bridgehead atoms. The first kappa shape index (κ1) is 16.5. The summed E-state index contributed by atoms with van der Waals surface area (Å²) in [6.45, 7) is 1.93. The molecule has 0 unspecified atom stereocenters. The van der Waals surface area contributed by atoms with E-state index in [4.69, 9.17) is 5.11 Å². The van der Waals surface area contributed by atoms with Crippen molar-refractivity contribution in [3.05, 3.63) is 52.1 Å². The van der Waals surface area contributed by atoms with E-state index in [0.717, 1.165) is 21.8 Å². The molecule has 1 aromatic heterocycles. The average Bonchev–Trinajstić information content (AvgIpc) is 2.49. The third-order valence-corrected chi connectivity index (χ3v) is 4.68. The monoisotopic (exact) mass is 380 g/mol. The van der Waals surface area contributed by atoms with Crippen molar-refractivity contribution in [2.24, 2.45) is 0 Å². The maximum Gasteiger partial charge on any atom is 0.338 e. The van der Waals surface area contributed by atoms with Crippen LogP contribution in [0.4, 0.5) is 5.69 Å². The van der Waals surface area contributed by atoms with Crippen LogP contribution in [0.25, 0.3) is 0 Å². The number of thioether (sulfide) groups is 1. The highest BCUT2D eigenvalue weighted by Crippen LogP contribution is 2.22. The summed E-state index contributed by atoms with van der Waals surface area (Å²) in [6, 6.07) is 8.53. The van der Waals surface area contributed by atoms with Gasteiger partial charge in [0.15, 0.2) is 0 Å². The van der Waals surface area contributed by atoms with E-state index in [9.17, 15) is 9.59 Å². The fourth-order valence-electron chi connectivity index (χ4n) is 1.72. The van der Waals surface area contributed by atoms with Crippen LogP contribution in [0.15, 0.2) is 46.0 Å². The molecule has 1 heterocycles. The van der Waals surface area contributed by atoms with Gasteiger partial charge in [-0.15, -0.1) is 0 Å². The lowest BCUT2D eigenvalue weighted by Crippen LogP contribution is -2.14. The van der Waals surface area contributed by atoms with Crippen molar-refractivity contribution in [2.45, 2.75) is 11.9 Å². The van der Waals surface area contributed by atoms with Crippen molar-refractivity contribution in [3.8, 4) is 0 Å². The Morgan fingerprint density at radius 1 is 1.36 bits per heavy atom. The number of carboxylic acid groups (broad SMARTS) is 1. The van der Waals surface area contributed by atoms with Crippen LogP contribution < -0.4 is 5.32 Å². The number of rotatable bonds is 5. The van der Waals surface area contributed by atoms with Crippen molar-refractivity contribution in [1.29, 1.82) is 0 Å². The fraction of sp³-hybridized carbons (Fsp3) is 0.133. The number of pyridine rings is 1. The minimum atomic E-state index is -1.06. The Bertz CT molecular complexity index is 722. The Morgan fingerprint density at radius 2 is 2.14 bits per heavy atom. The van der Waals surface area contributed by atoms with Crippen LogP contribution >= 0.6 is 27.7 Å². The molecule has 0 atom stereocenters. The summed E-state index contributed by atoms with van der Waals surface area (Å²) >= 11 is 4.49. The first-order chi connectivity index (χ1) is 10.5. The van der Waals surface area contributed by atoms with Gasteiger partial charge >= 0.3 is 5.97 Å². The second kappa shape index (κ2) is 7.42. The van der Waals surface area contributed by atoms with Crippen LogP contribution in [0, 0.1) is 6.92 Å². The Morgan fingerprint density at radius 3 is 2.82 bits per heavy atom. The molecule has 0 fully saturated rings. The predicted octanol–water partition coefficient (Wildman–Crippen LogP) is 3.58. The molecule has 2 N–H and O–H groups in total. The second-order valence-electron chi connectivity index (χ2n) is 4.46. The molecule has 114 valence electrons. The van der Waals surface area contributed by atoms with E-state index in [1.165, 1.54) is 12.3 Å². The quantitative estimate of drug-likeness (QED) is 0.774. The average molecular weight is 381 g/mol. The number of carboxylic acids is 1. The van der Waals surface area contributed by atoms with Crippen molar-refractivity contribution < 1.29 is 14.7 Å². The molecule has 1 aromatic carbocycles. The number of nitrogens with zero attached hydrogens (tertiary/aromatic N) is 1. The predicted molar refractivity (Wildman–Crippen MR) is 89.4 cm³/mol. The molecule has 0 saturated carbocycles. The van der Waals surface area contributed by atoms with Gasteiger partial charge in [-0.25, -0.2) is 9.78 Å². The number of aromatic carboxylic acids is 1. The molecule has 7 heteroatoms. The molecule has 0 aliphatic heterocycles. The van der Waals surface area contributed by atoms with Crippen LogP contribution in [0.2, 0.25) is 0 Å². The number of hydrogen-bond donors (Lipinski definition) is 2. The highest BCUT2D eigenvalue weighted by atomic mass is 79.9. The van der Waals surface area contributed by atoms with E-state index in [-0.39, 0.29) is 17.2 Å². The van der Waals surface area contributed by atoms with Gasteiger partial charge in [-0.05, 0) is 42.8 Å². The van der Waals surface area contributed by atoms with Gasteiger partial charge in [-0.2, -0.15) is 0 Å². The highest BCUT2D eigenvalue weighted by molar-refractivity contribution is 9.10. The summed E-state index contributed by atoms with van der Waals surface area (Å²) in [5.74, 6) is -1.18. The van der Waals surface area contributed by atoms with E-state index in [2.05, 4.69) is 26.2 Å². The van der Waals surface area contributed by atoms with Gasteiger partial charge in [0, 0.05) is 16.4 Å². The maximum atomic E-state index is 11.9. The number of hydrogen-bond acceptors (Lipinski definition) is 4. The first-order valence-corrected chi connectivity index (χ1v) is 8.12. The zero-order valence-corrected chi connectivity index (χ0v) is 14.1. The lowest BCUT2D eigenvalue weighted by Gasteiger charge is -2.07. The second-order valence-corrected chi connectivity index (χ2v) is 6.28. The Labute approximate surface area is 140 Å². The van der Waals surface area contributed by atoms with Crippen LogP contribution in [0.3, 0.4) is 0 Å². The smallest absolute Gasteiger partial charge is 0.338 e. The number of anilines is 1. The van der Waals surface area contributed by atoms with Gasteiger partial charge in [0.05, 0.1) is 11.3 Å². The van der Waals surface area contributed by atoms with E-state index in [1.807, 2.05) is 19.1 Å². The topological polar surface area (TPSA) is 79.3 Å². The van der Waals surface area contributed by atoms with Gasteiger partial charge in [0.25, 0.3) is 0 Å². The summed E-state index contributed by atoms with van der Waals surface area (Å²) in [5, 5.41) is 12.2. The van der Waals surface area contributed by atoms with E-state index >= 15 is 0 Å². The Balaban J connectivity index is 1.98. The van der Waals surface area contributed by atoms with Gasteiger partial charge in [0.1, 0.15) is 5.03 Å². The third-order valence-electron chi connectivity index (χ3n) is 2.78. The van der Waals surface area contributed by atoms with Crippen LogP contribution in [-0.2, 0) is 4.79 Å². The minimum absolute atomic E-state index is 0.0897. The number of aryl methyl sites for hydroxylation is 1. The molecule has 0 radical (unpaired) electrons. The number of nitrogens with one attached hydrogen (secondary N) is 1. The standard InChI is InChI=1S/C15H13BrN2O3S/c1-9-7-10(4-5-12(9)16)18-13(19)8-22-14-11(15(20)21)3-2-6-17-14/h2-7H,8H2,1H3,(H,18,19)(H,20,21). The summed E-state index contributed by atoms with van der Waals surface area (Å²) in [5.41, 5.74) is 1.81. The molecular weight excluding hydrogens is 368 g/mol. The van der Waals surface area contributed by atoms with Crippen LogP contribution in [0.5, 0.6) is 0 Å². The SMILES string of the molecule is Cc1cc(NC(=O)CSc2ncccc2C(=O)O)ccc1Br. The van der Waals surface area contributed by atoms with Gasteiger partial charge < -0.3 is 10.4 Å². The van der Waals surface area contributed by atoms with E-state index in [1.54, 1.807) is 12.1 Å². The normalized spacial score (nSPS) is 10.3. The lowest BCUT2D eigenvalue weighted by molar-refractivity contribution is -0.113. The number of carbonyl (C=O) groups is 2. The lowest BCUT2D eigenvalue weighted by atomic mass is 10.2. The molecule has 2 rings (SSSR count). The molecule has 0 aliphatic rings. The van der Waals surface area contributed by atoms with Crippen molar-refractivity contribution in [2.75, 3.05) is 11.1 Å². The summed E-state index contributed by atoms with van der Waals surface area (Å²) in [4.78, 5) is 27.0. The third kappa shape index (κ3) is 4.32. The summed E-state index contributed by atoms with van der Waals surface area (Å²) < 4.78 is 0.972. The molecule has 0 saturated heterocycles. The molecule has 5 nitrogen and oxygen atoms in total. The Kier molecular flexibility index (Phi) is 5.57. The maximum absolute atomic E-state index is 11.9. The minimum Gasteiger partial charge on any atom is -0.478 e. The van der Waals surface area contributed by atoms with Crippen LogP contribution in [0.1, 0.15) is 15.9 Å². The fourth-order valence-corrected chi connectivity index (χ4v) is 2.75. The summed E-state index contributed by atoms with van der Waals surface area (Å²) in [7, 11) is 0. The number of benzene rings is 1. The molecular formula is C15H13BrN2O3S. The first-order valence-electron chi connectivity index (χ1n) is 6.34. The molecule has 22 heavy (non-hydrogen) atoms. The van der Waals surface area contributed by atoms with Gasteiger partial charge in [0.2, 0.25) is 5.91 Å². The van der Waals surface area contributed by atoms with Crippen molar-refractivity contribution in [1.82, 2.24) is 4.98 Å².